The Balaban J connectivity index is 2.00. The van der Waals surface area contributed by atoms with Crippen molar-refractivity contribution >= 4 is 11.9 Å². The lowest BCUT2D eigenvalue weighted by Gasteiger charge is -2.21. The molecule has 0 bridgehead atoms. The minimum atomic E-state index is -0.751. The molecule has 0 saturated carbocycles. The molecule has 0 radical (unpaired) electrons. The number of esters is 1. The topological polar surface area (TPSA) is 99.0 Å². The zero-order valence-electron chi connectivity index (χ0n) is 15.6. The van der Waals surface area contributed by atoms with Crippen molar-refractivity contribution in [2.45, 2.75) is 53.3 Å². The van der Waals surface area contributed by atoms with Gasteiger partial charge in [0.05, 0.1) is 0 Å². The Hall–Kier alpha value is -2.77. The highest BCUT2D eigenvalue weighted by atomic mass is 16.5. The number of carbonyl (C=O) groups excluding carboxylic acids is 2. The molecule has 2 aromatic rings. The molecule has 2 rings (SSSR count). The average molecular weight is 359 g/mol. The van der Waals surface area contributed by atoms with Crippen LogP contribution in [0.5, 0.6) is 0 Å². The summed E-state index contributed by atoms with van der Waals surface area (Å²) in [5.41, 5.74) is 1.49. The van der Waals surface area contributed by atoms with E-state index in [1.54, 1.807) is 22.9 Å². The van der Waals surface area contributed by atoms with Crippen LogP contribution in [0.4, 0.5) is 0 Å². The van der Waals surface area contributed by atoms with Crippen molar-refractivity contribution in [1.82, 2.24) is 25.5 Å². The summed E-state index contributed by atoms with van der Waals surface area (Å²) in [6.07, 6.45) is 0.868. The van der Waals surface area contributed by atoms with Crippen LogP contribution in [-0.2, 0) is 22.7 Å². The van der Waals surface area contributed by atoms with Crippen molar-refractivity contribution in [3.8, 4) is 0 Å². The Labute approximate surface area is 152 Å². The lowest BCUT2D eigenvalue weighted by Crippen LogP contribution is -2.45. The second-order valence-corrected chi connectivity index (χ2v) is 6.49. The monoisotopic (exact) mass is 359 g/mol. The van der Waals surface area contributed by atoms with E-state index >= 15 is 0 Å². The lowest BCUT2D eigenvalue weighted by molar-refractivity contribution is -0.148. The summed E-state index contributed by atoms with van der Waals surface area (Å²) in [5.74, 6) is -0.456. The number of nitrogens with zero attached hydrogens (tertiary/aromatic N) is 4. The molecule has 1 unspecified atom stereocenters. The van der Waals surface area contributed by atoms with Crippen LogP contribution in [0, 0.1) is 12.8 Å². The number of amides is 1. The number of hydrogen-bond acceptors (Lipinski definition) is 6. The highest BCUT2D eigenvalue weighted by Crippen LogP contribution is 2.09. The van der Waals surface area contributed by atoms with Crippen LogP contribution in [0.3, 0.4) is 0 Å². The quantitative estimate of drug-likeness (QED) is 0.723. The number of aryl methyl sites for hydroxylation is 2. The molecule has 0 aliphatic rings. The normalized spacial score (nSPS) is 12.0. The number of hydrogen-bond donors (Lipinski definition) is 1. The van der Waals surface area contributed by atoms with Crippen molar-refractivity contribution < 1.29 is 14.3 Å². The van der Waals surface area contributed by atoms with Crippen molar-refractivity contribution in [2.75, 3.05) is 0 Å². The maximum Gasteiger partial charge on any atom is 0.329 e. The first-order valence-electron chi connectivity index (χ1n) is 8.71. The van der Waals surface area contributed by atoms with Crippen LogP contribution in [0.15, 0.2) is 24.3 Å². The second-order valence-electron chi connectivity index (χ2n) is 6.49. The molecule has 1 aromatic heterocycles. The van der Waals surface area contributed by atoms with Crippen LogP contribution in [0.2, 0.25) is 0 Å². The molecule has 1 amide bonds. The van der Waals surface area contributed by atoms with Crippen LogP contribution < -0.4 is 5.32 Å². The zero-order valence-corrected chi connectivity index (χ0v) is 15.6. The first-order chi connectivity index (χ1) is 12.4. The van der Waals surface area contributed by atoms with E-state index in [2.05, 4.69) is 20.8 Å². The summed E-state index contributed by atoms with van der Waals surface area (Å²) in [6, 6.07) is 6.45. The van der Waals surface area contributed by atoms with Crippen molar-refractivity contribution in [3.63, 3.8) is 0 Å². The van der Waals surface area contributed by atoms with E-state index in [0.29, 0.717) is 17.9 Å². The molecular weight excluding hydrogens is 334 g/mol. The van der Waals surface area contributed by atoms with Crippen LogP contribution >= 0.6 is 0 Å². The molecular formula is C18H25N5O3. The molecule has 0 saturated heterocycles. The predicted octanol–water partition coefficient (Wildman–Crippen LogP) is 1.89. The van der Waals surface area contributed by atoms with Crippen LogP contribution in [0.25, 0.3) is 0 Å². The molecule has 8 nitrogen and oxygen atoms in total. The Morgan fingerprint density at radius 3 is 2.73 bits per heavy atom. The van der Waals surface area contributed by atoms with Crippen LogP contribution in [-0.4, -0.2) is 38.1 Å². The molecule has 26 heavy (non-hydrogen) atoms. The molecule has 0 fully saturated rings. The Morgan fingerprint density at radius 2 is 2.08 bits per heavy atom. The van der Waals surface area contributed by atoms with Gasteiger partial charge in [-0.1, -0.05) is 38.5 Å². The maximum absolute atomic E-state index is 12.5. The summed E-state index contributed by atoms with van der Waals surface area (Å²) >= 11 is 0. The minimum absolute atomic E-state index is 0.0324. The van der Waals surface area contributed by atoms with Crippen molar-refractivity contribution in [3.05, 3.63) is 41.2 Å². The number of ether oxygens (including phenoxy) is 1. The molecule has 0 aliphatic heterocycles. The summed E-state index contributed by atoms with van der Waals surface area (Å²) in [5, 5.41) is 14.1. The third-order valence-corrected chi connectivity index (χ3v) is 3.87. The van der Waals surface area contributed by atoms with E-state index in [-0.39, 0.29) is 18.4 Å². The van der Waals surface area contributed by atoms with E-state index in [0.717, 1.165) is 12.0 Å². The van der Waals surface area contributed by atoms with Gasteiger partial charge in [-0.25, -0.2) is 9.48 Å². The second kappa shape index (κ2) is 9.07. The minimum Gasteiger partial charge on any atom is -0.456 e. The number of tetrazole rings is 1. The fourth-order valence-corrected chi connectivity index (χ4v) is 2.45. The number of nitrogens with one attached hydrogen (secondary N) is 1. The third-order valence-electron chi connectivity index (χ3n) is 3.87. The maximum atomic E-state index is 12.5. The molecule has 140 valence electrons. The summed E-state index contributed by atoms with van der Waals surface area (Å²) in [4.78, 5) is 24.9. The van der Waals surface area contributed by atoms with Gasteiger partial charge in [-0.05, 0) is 41.8 Å². The Morgan fingerprint density at radius 1 is 1.31 bits per heavy atom. The fraction of sp³-hybridized carbons (Fsp3) is 0.500. The summed E-state index contributed by atoms with van der Waals surface area (Å²) in [7, 11) is 0. The molecule has 1 heterocycles. The van der Waals surface area contributed by atoms with Crippen molar-refractivity contribution in [1.29, 1.82) is 0 Å². The molecule has 0 aliphatic carbocycles. The number of rotatable bonds is 8. The standard InChI is InChI=1S/C18H25N5O3/c1-5-9-23-15(20-21-22-23)11-26-18(25)16(12(2)3)19-17(24)14-8-6-7-13(4)10-14/h6-8,10,12,16H,5,9,11H2,1-4H3,(H,19,24). The van der Waals surface area contributed by atoms with Gasteiger partial charge in [-0.3, -0.25) is 4.79 Å². The van der Waals surface area contributed by atoms with Crippen LogP contribution in [0.1, 0.15) is 48.9 Å². The number of carbonyl (C=O) groups is 2. The molecule has 1 atom stereocenters. The highest BCUT2D eigenvalue weighted by molar-refractivity contribution is 5.97. The largest absolute Gasteiger partial charge is 0.456 e. The van der Waals surface area contributed by atoms with Gasteiger partial charge < -0.3 is 10.1 Å². The van der Waals surface area contributed by atoms with E-state index in [1.807, 2.05) is 33.8 Å². The van der Waals surface area contributed by atoms with Gasteiger partial charge in [-0.2, -0.15) is 0 Å². The van der Waals surface area contributed by atoms with Crippen molar-refractivity contribution in [2.24, 2.45) is 5.92 Å². The van der Waals surface area contributed by atoms with Gasteiger partial charge >= 0.3 is 5.97 Å². The van der Waals surface area contributed by atoms with Gasteiger partial charge in [0, 0.05) is 12.1 Å². The lowest BCUT2D eigenvalue weighted by atomic mass is 10.0. The first-order valence-corrected chi connectivity index (χ1v) is 8.71. The van der Waals surface area contributed by atoms with E-state index in [4.69, 9.17) is 4.74 Å². The number of aromatic nitrogens is 4. The third kappa shape index (κ3) is 5.11. The Kier molecular flexibility index (Phi) is 6.82. The Bertz CT molecular complexity index is 757. The number of benzene rings is 1. The summed E-state index contributed by atoms with van der Waals surface area (Å²) < 4.78 is 6.94. The van der Waals surface area contributed by atoms with Gasteiger partial charge in [0.1, 0.15) is 6.04 Å². The van der Waals surface area contributed by atoms with E-state index < -0.39 is 12.0 Å². The molecule has 0 spiro atoms. The first kappa shape index (κ1) is 19.6. The zero-order chi connectivity index (χ0) is 19.1. The predicted molar refractivity (Wildman–Crippen MR) is 95.2 cm³/mol. The van der Waals surface area contributed by atoms with Gasteiger partial charge in [0.15, 0.2) is 12.4 Å². The molecule has 8 heteroatoms. The SMILES string of the molecule is CCCn1nnnc1COC(=O)C(NC(=O)c1cccc(C)c1)C(C)C. The van der Waals surface area contributed by atoms with Gasteiger partial charge in [0.25, 0.3) is 5.91 Å². The smallest absolute Gasteiger partial charge is 0.329 e. The summed E-state index contributed by atoms with van der Waals surface area (Å²) in [6.45, 7) is 8.23. The average Bonchev–Trinajstić information content (AvgIpc) is 3.04. The van der Waals surface area contributed by atoms with E-state index in [9.17, 15) is 9.59 Å². The highest BCUT2D eigenvalue weighted by Gasteiger charge is 2.26. The molecule has 1 N–H and O–H groups in total. The fourth-order valence-electron chi connectivity index (χ4n) is 2.45. The molecule has 1 aromatic carbocycles. The van der Waals surface area contributed by atoms with Gasteiger partial charge in [-0.15, -0.1) is 5.10 Å². The van der Waals surface area contributed by atoms with Gasteiger partial charge in [0.2, 0.25) is 0 Å². The van der Waals surface area contributed by atoms with E-state index in [1.165, 1.54) is 0 Å².